The number of aliphatic carboxylic acids is 1. The van der Waals surface area contributed by atoms with Crippen molar-refractivity contribution >= 4 is 69.3 Å². The number of carboxylic acid groups (broad SMARTS) is 1. The highest BCUT2D eigenvalue weighted by atomic mass is 35.5. The van der Waals surface area contributed by atoms with E-state index in [4.69, 9.17) is 28.3 Å². The number of fused-ring (bicyclic) bond motifs is 5. The molecule has 248 valence electrons. The lowest BCUT2D eigenvalue weighted by molar-refractivity contribution is -0.141. The van der Waals surface area contributed by atoms with Crippen LogP contribution in [0.25, 0.3) is 10.8 Å². The van der Waals surface area contributed by atoms with Crippen LogP contribution in [0.4, 0.5) is 10.1 Å². The van der Waals surface area contributed by atoms with Crippen LogP contribution in [0.3, 0.4) is 0 Å². The molecule has 48 heavy (non-hydrogen) atoms. The molecule has 0 radical (unpaired) electrons. The highest BCUT2D eigenvalue weighted by Crippen LogP contribution is 2.66. The third kappa shape index (κ3) is 4.59. The molecule has 0 spiro atoms. The summed E-state index contributed by atoms with van der Waals surface area (Å²) in [4.78, 5) is 65.6. The van der Waals surface area contributed by atoms with Gasteiger partial charge >= 0.3 is 5.97 Å². The summed E-state index contributed by atoms with van der Waals surface area (Å²) in [5, 5.41) is 20.7. The maximum absolute atomic E-state index is 14.6. The Morgan fingerprint density at radius 2 is 1.58 bits per heavy atom. The molecule has 2 aliphatic carbocycles. The SMILES string of the molecule is O=C(O)CCCCCN1C(=O)C2CC=C3C(CC4(Cl)C(=O)N(c5ccc(F)cc5)C(=O)C4(Cl)C3c3ccc(O)c4ccccc34)C2C1=O. The Labute approximate surface area is 284 Å². The largest absolute Gasteiger partial charge is 0.507 e. The van der Waals surface area contributed by atoms with Gasteiger partial charge in [0, 0.05) is 24.3 Å². The summed E-state index contributed by atoms with van der Waals surface area (Å²) >= 11 is 14.9. The number of imide groups is 2. The van der Waals surface area contributed by atoms with E-state index < -0.39 is 62.9 Å². The molecule has 3 fully saturated rings. The molecule has 3 aromatic rings. The summed E-state index contributed by atoms with van der Waals surface area (Å²) in [5.74, 6) is -7.16. The van der Waals surface area contributed by atoms with Crippen molar-refractivity contribution in [2.75, 3.05) is 11.4 Å². The van der Waals surface area contributed by atoms with E-state index in [-0.39, 0.29) is 43.2 Å². The van der Waals surface area contributed by atoms with Crippen molar-refractivity contribution < 1.29 is 38.6 Å². The van der Waals surface area contributed by atoms with Gasteiger partial charge in [-0.05, 0) is 72.9 Å². The number of amides is 4. The molecule has 1 saturated carbocycles. The summed E-state index contributed by atoms with van der Waals surface area (Å²) < 4.78 is 13.9. The lowest BCUT2D eigenvalue weighted by Gasteiger charge is -2.51. The number of carbonyl (C=O) groups is 5. The van der Waals surface area contributed by atoms with Gasteiger partial charge in [0.15, 0.2) is 9.75 Å². The minimum atomic E-state index is -2.09. The Bertz CT molecular complexity index is 1930. The van der Waals surface area contributed by atoms with Crippen LogP contribution in [0.1, 0.15) is 50.0 Å². The maximum atomic E-state index is 14.6. The number of hydrogen-bond donors (Lipinski definition) is 2. The lowest BCUT2D eigenvalue weighted by atomic mass is 9.56. The first-order chi connectivity index (χ1) is 22.9. The van der Waals surface area contributed by atoms with Gasteiger partial charge in [-0.1, -0.05) is 48.4 Å². The summed E-state index contributed by atoms with van der Waals surface area (Å²) in [5.41, 5.74) is 1.23. The molecule has 4 amide bonds. The molecule has 6 atom stereocenters. The van der Waals surface area contributed by atoms with Crippen molar-refractivity contribution in [3.8, 4) is 5.75 Å². The number of phenols is 1. The monoisotopic (exact) mass is 692 g/mol. The van der Waals surface area contributed by atoms with Crippen LogP contribution in [0, 0.1) is 23.6 Å². The number of hydrogen-bond acceptors (Lipinski definition) is 6. The van der Waals surface area contributed by atoms with E-state index in [1.807, 2.05) is 6.08 Å². The number of likely N-dealkylation sites (tertiary alicyclic amines) is 1. The van der Waals surface area contributed by atoms with Crippen LogP contribution in [0.2, 0.25) is 0 Å². The quantitative estimate of drug-likeness (QED) is 0.130. The van der Waals surface area contributed by atoms with Gasteiger partial charge in [-0.3, -0.25) is 28.9 Å². The number of carbonyl (C=O) groups excluding carboxylic acids is 4. The Hall–Kier alpha value is -4.28. The van der Waals surface area contributed by atoms with Gasteiger partial charge in [-0.2, -0.15) is 0 Å². The number of benzene rings is 3. The van der Waals surface area contributed by atoms with Crippen LogP contribution < -0.4 is 4.90 Å². The number of anilines is 1. The van der Waals surface area contributed by atoms with Crippen molar-refractivity contribution in [2.24, 2.45) is 17.8 Å². The molecule has 9 nitrogen and oxygen atoms in total. The fourth-order valence-electron chi connectivity index (χ4n) is 8.31. The first kappa shape index (κ1) is 32.3. The number of unbranched alkanes of at least 4 members (excludes halogenated alkanes) is 2. The molecule has 2 heterocycles. The average Bonchev–Trinajstić information content (AvgIpc) is 3.39. The smallest absolute Gasteiger partial charge is 0.303 e. The molecular formula is C36H31Cl2FN2O7. The van der Waals surface area contributed by atoms with Gasteiger partial charge in [0.25, 0.3) is 11.8 Å². The summed E-state index contributed by atoms with van der Waals surface area (Å²) in [6.45, 7) is 0.138. The van der Waals surface area contributed by atoms with Crippen LogP contribution >= 0.6 is 23.2 Å². The van der Waals surface area contributed by atoms with Gasteiger partial charge in [0.2, 0.25) is 11.8 Å². The first-order valence-corrected chi connectivity index (χ1v) is 16.7. The van der Waals surface area contributed by atoms with Crippen LogP contribution in [0.5, 0.6) is 5.75 Å². The van der Waals surface area contributed by atoms with E-state index in [0.29, 0.717) is 41.2 Å². The number of alkyl halides is 2. The Balaban J connectivity index is 1.35. The Morgan fingerprint density at radius 1 is 0.875 bits per heavy atom. The van der Waals surface area contributed by atoms with E-state index in [9.17, 15) is 33.5 Å². The highest BCUT2D eigenvalue weighted by molar-refractivity contribution is 6.58. The highest BCUT2D eigenvalue weighted by Gasteiger charge is 2.76. The number of halogens is 3. The van der Waals surface area contributed by atoms with Crippen molar-refractivity contribution in [1.29, 1.82) is 0 Å². The number of carboxylic acids is 1. The Kier molecular flexibility index (Phi) is 7.87. The second kappa shape index (κ2) is 11.7. The molecule has 6 unspecified atom stereocenters. The number of rotatable bonds is 8. The minimum Gasteiger partial charge on any atom is -0.507 e. The number of nitrogens with zero attached hydrogens (tertiary/aromatic N) is 2. The predicted molar refractivity (Wildman–Crippen MR) is 175 cm³/mol. The van der Waals surface area contributed by atoms with Gasteiger partial charge < -0.3 is 10.2 Å². The molecule has 7 rings (SSSR count). The molecule has 2 aliphatic heterocycles. The van der Waals surface area contributed by atoms with E-state index >= 15 is 0 Å². The zero-order valence-corrected chi connectivity index (χ0v) is 27.1. The van der Waals surface area contributed by atoms with Gasteiger partial charge in [-0.25, -0.2) is 9.29 Å². The second-order valence-corrected chi connectivity index (χ2v) is 14.2. The first-order valence-electron chi connectivity index (χ1n) is 15.9. The average molecular weight is 694 g/mol. The van der Waals surface area contributed by atoms with Gasteiger partial charge in [0.1, 0.15) is 11.6 Å². The van der Waals surface area contributed by atoms with Crippen molar-refractivity contribution in [3.05, 3.63) is 83.7 Å². The second-order valence-electron chi connectivity index (χ2n) is 13.0. The molecular weight excluding hydrogens is 662 g/mol. The van der Waals surface area contributed by atoms with E-state index in [2.05, 4.69) is 0 Å². The zero-order chi connectivity index (χ0) is 34.1. The molecule has 0 bridgehead atoms. The normalized spacial score (nSPS) is 29.6. The third-order valence-electron chi connectivity index (χ3n) is 10.5. The number of phenolic OH excluding ortho intramolecular Hbond substituents is 1. The molecule has 4 aliphatic rings. The molecule has 12 heteroatoms. The van der Waals surface area contributed by atoms with Crippen LogP contribution in [-0.4, -0.2) is 61.0 Å². The molecule has 0 aromatic heterocycles. The van der Waals surface area contributed by atoms with Gasteiger partial charge in [-0.15, -0.1) is 23.2 Å². The van der Waals surface area contributed by atoms with Crippen molar-refractivity contribution in [2.45, 2.75) is 54.2 Å². The predicted octanol–water partition coefficient (Wildman–Crippen LogP) is 5.89. The molecule has 2 N–H and O–H groups in total. The fraction of sp³-hybridized carbons (Fsp3) is 0.361. The zero-order valence-electron chi connectivity index (χ0n) is 25.6. The van der Waals surface area contributed by atoms with Crippen molar-refractivity contribution in [1.82, 2.24) is 4.90 Å². The summed E-state index contributed by atoms with van der Waals surface area (Å²) in [6.07, 6.45) is 3.23. The van der Waals surface area contributed by atoms with Crippen molar-refractivity contribution in [3.63, 3.8) is 0 Å². The van der Waals surface area contributed by atoms with E-state index in [0.717, 1.165) is 17.0 Å². The molecule has 2 saturated heterocycles. The topological polar surface area (TPSA) is 132 Å². The van der Waals surface area contributed by atoms with Crippen LogP contribution in [-0.2, 0) is 24.0 Å². The summed E-state index contributed by atoms with van der Waals surface area (Å²) in [6, 6.07) is 15.0. The summed E-state index contributed by atoms with van der Waals surface area (Å²) in [7, 11) is 0. The van der Waals surface area contributed by atoms with E-state index in [1.165, 1.54) is 23.1 Å². The third-order valence-corrected chi connectivity index (χ3v) is 11.9. The number of aromatic hydroxyl groups is 1. The van der Waals surface area contributed by atoms with Gasteiger partial charge in [0.05, 0.1) is 17.5 Å². The van der Waals surface area contributed by atoms with Crippen LogP contribution in [0.15, 0.2) is 72.3 Å². The minimum absolute atomic E-state index is 0.00233. The molecule has 3 aromatic carbocycles. The Morgan fingerprint density at radius 3 is 2.29 bits per heavy atom. The lowest BCUT2D eigenvalue weighted by Crippen LogP contribution is -2.60. The van der Waals surface area contributed by atoms with E-state index in [1.54, 1.807) is 30.3 Å². The number of allylic oxidation sites excluding steroid dienone is 2. The standard InChI is InChI=1S/C36H31Cl2FN2O7/c37-35-18-26-24(13-14-25-29(26)32(46)40(31(25)45)17-5-1-2-8-28(43)44)30(23-15-16-27(42)22-7-4-3-6-21(22)23)36(35,38)34(48)41(33(35)47)20-11-9-19(39)10-12-20/h3-4,6-7,9-13,15-16,25-26,29-30,42H,1-2,5,8,14,17-18H2,(H,43,44). The fourth-order valence-corrected chi connectivity index (χ4v) is 9.24. The maximum Gasteiger partial charge on any atom is 0.303 e.